The third kappa shape index (κ3) is 1.96. The Morgan fingerprint density at radius 2 is 2.21 bits per heavy atom. The molecular formula is C10H13BN2O. The van der Waals surface area contributed by atoms with Crippen molar-refractivity contribution in [1.29, 1.82) is 0 Å². The Labute approximate surface area is 85.1 Å². The molecule has 0 aromatic heterocycles. The van der Waals surface area contributed by atoms with Crippen LogP contribution < -0.4 is 16.5 Å². The summed E-state index contributed by atoms with van der Waals surface area (Å²) < 4.78 is 0. The van der Waals surface area contributed by atoms with Gasteiger partial charge in [-0.15, -0.1) is 0 Å². The van der Waals surface area contributed by atoms with E-state index in [0.29, 0.717) is 11.0 Å². The summed E-state index contributed by atoms with van der Waals surface area (Å²) in [6, 6.07) is 7.02. The van der Waals surface area contributed by atoms with Crippen LogP contribution in [-0.4, -0.2) is 20.8 Å². The SMILES string of the molecule is [B]c1cccc(C(C)(N)C(=O)NC)c1. The molecule has 1 aromatic rings. The molecule has 0 bridgehead atoms. The minimum atomic E-state index is -1.04. The van der Waals surface area contributed by atoms with Crippen LogP contribution in [0.4, 0.5) is 0 Å². The lowest BCUT2D eigenvalue weighted by molar-refractivity contribution is -0.125. The zero-order valence-electron chi connectivity index (χ0n) is 8.37. The van der Waals surface area contributed by atoms with Gasteiger partial charge in [0.1, 0.15) is 13.4 Å². The first-order valence-corrected chi connectivity index (χ1v) is 4.35. The van der Waals surface area contributed by atoms with E-state index in [4.69, 9.17) is 13.6 Å². The second-order valence-electron chi connectivity index (χ2n) is 3.41. The maximum Gasteiger partial charge on any atom is 0.244 e. The first-order valence-electron chi connectivity index (χ1n) is 4.35. The van der Waals surface area contributed by atoms with Crippen LogP contribution in [0.5, 0.6) is 0 Å². The monoisotopic (exact) mass is 188 g/mol. The van der Waals surface area contributed by atoms with E-state index in [9.17, 15) is 4.79 Å². The molecule has 0 heterocycles. The van der Waals surface area contributed by atoms with Crippen molar-refractivity contribution in [3.05, 3.63) is 29.8 Å². The van der Waals surface area contributed by atoms with Crippen molar-refractivity contribution in [3.63, 3.8) is 0 Å². The first kappa shape index (κ1) is 10.8. The largest absolute Gasteiger partial charge is 0.357 e. The quantitative estimate of drug-likeness (QED) is 0.609. The van der Waals surface area contributed by atoms with Crippen molar-refractivity contribution in [1.82, 2.24) is 5.32 Å². The lowest BCUT2D eigenvalue weighted by Gasteiger charge is -2.23. The highest BCUT2D eigenvalue weighted by Crippen LogP contribution is 2.15. The summed E-state index contributed by atoms with van der Waals surface area (Å²) in [7, 11) is 7.16. The van der Waals surface area contributed by atoms with Crippen molar-refractivity contribution in [2.75, 3.05) is 7.05 Å². The fourth-order valence-corrected chi connectivity index (χ4v) is 1.25. The van der Waals surface area contributed by atoms with E-state index in [1.54, 1.807) is 38.2 Å². The van der Waals surface area contributed by atoms with E-state index in [-0.39, 0.29) is 5.91 Å². The highest BCUT2D eigenvalue weighted by Gasteiger charge is 2.29. The van der Waals surface area contributed by atoms with Gasteiger partial charge in [-0.3, -0.25) is 4.79 Å². The van der Waals surface area contributed by atoms with Gasteiger partial charge in [-0.2, -0.15) is 0 Å². The number of hydrogen-bond donors (Lipinski definition) is 2. The van der Waals surface area contributed by atoms with Crippen LogP contribution in [0.2, 0.25) is 0 Å². The van der Waals surface area contributed by atoms with Crippen molar-refractivity contribution in [2.45, 2.75) is 12.5 Å². The Bertz CT molecular complexity index is 350. The van der Waals surface area contributed by atoms with Gasteiger partial charge in [0.15, 0.2) is 0 Å². The molecule has 1 unspecified atom stereocenters. The molecule has 0 aliphatic rings. The Hall–Kier alpha value is -1.29. The molecule has 3 nitrogen and oxygen atoms in total. The summed E-state index contributed by atoms with van der Waals surface area (Å²) in [4.78, 5) is 11.5. The number of likely N-dealkylation sites (N-methyl/N-ethyl adjacent to an activating group) is 1. The maximum atomic E-state index is 11.5. The molecule has 0 saturated carbocycles. The summed E-state index contributed by atoms with van der Waals surface area (Å²) in [6.07, 6.45) is 0. The lowest BCUT2D eigenvalue weighted by atomic mass is 9.86. The van der Waals surface area contributed by atoms with Crippen LogP contribution >= 0.6 is 0 Å². The Morgan fingerprint density at radius 1 is 1.57 bits per heavy atom. The smallest absolute Gasteiger partial charge is 0.244 e. The Balaban J connectivity index is 3.09. The predicted octanol–water partition coefficient (Wildman–Crippen LogP) is -0.600. The second-order valence-corrected chi connectivity index (χ2v) is 3.41. The molecule has 0 aliphatic heterocycles. The molecule has 1 aromatic carbocycles. The molecule has 0 fully saturated rings. The summed E-state index contributed by atoms with van der Waals surface area (Å²) in [5.74, 6) is -0.233. The minimum Gasteiger partial charge on any atom is -0.357 e. The highest BCUT2D eigenvalue weighted by atomic mass is 16.2. The Kier molecular flexibility index (Phi) is 2.96. The second kappa shape index (κ2) is 3.84. The molecule has 1 rings (SSSR count). The molecule has 72 valence electrons. The van der Waals surface area contributed by atoms with Crippen molar-refractivity contribution in [3.8, 4) is 0 Å². The van der Waals surface area contributed by atoms with Crippen molar-refractivity contribution in [2.24, 2.45) is 5.73 Å². The van der Waals surface area contributed by atoms with E-state index < -0.39 is 5.54 Å². The number of carbonyl (C=O) groups excluding carboxylic acids is 1. The van der Waals surface area contributed by atoms with Crippen molar-refractivity contribution >= 4 is 19.2 Å². The average molecular weight is 188 g/mol. The van der Waals surface area contributed by atoms with Crippen LogP contribution in [0, 0.1) is 0 Å². The highest BCUT2D eigenvalue weighted by molar-refractivity contribution is 6.32. The van der Waals surface area contributed by atoms with E-state index in [1.165, 1.54) is 0 Å². The van der Waals surface area contributed by atoms with Crippen LogP contribution in [0.15, 0.2) is 24.3 Å². The van der Waals surface area contributed by atoms with Crippen LogP contribution in [0.3, 0.4) is 0 Å². The minimum absolute atomic E-state index is 0.233. The van der Waals surface area contributed by atoms with Gasteiger partial charge in [0, 0.05) is 7.05 Å². The fraction of sp³-hybridized carbons (Fsp3) is 0.300. The number of amides is 1. The molecule has 0 aliphatic carbocycles. The molecule has 1 amide bonds. The van der Waals surface area contributed by atoms with E-state index in [2.05, 4.69) is 5.32 Å². The van der Waals surface area contributed by atoms with Gasteiger partial charge in [-0.25, -0.2) is 0 Å². The molecule has 3 N–H and O–H groups in total. The predicted molar refractivity (Wildman–Crippen MR) is 57.4 cm³/mol. The van der Waals surface area contributed by atoms with Gasteiger partial charge in [0.2, 0.25) is 5.91 Å². The summed E-state index contributed by atoms with van der Waals surface area (Å²) in [6.45, 7) is 1.65. The molecule has 14 heavy (non-hydrogen) atoms. The third-order valence-corrected chi connectivity index (χ3v) is 2.19. The van der Waals surface area contributed by atoms with Crippen molar-refractivity contribution < 1.29 is 4.79 Å². The Morgan fingerprint density at radius 3 is 2.71 bits per heavy atom. The van der Waals surface area contributed by atoms with Gasteiger partial charge < -0.3 is 11.1 Å². The normalized spacial score (nSPS) is 14.5. The van der Waals surface area contributed by atoms with Gasteiger partial charge in [0.25, 0.3) is 0 Å². The van der Waals surface area contributed by atoms with Gasteiger partial charge in [-0.1, -0.05) is 29.7 Å². The molecule has 0 saturated heterocycles. The van der Waals surface area contributed by atoms with E-state index in [0.717, 1.165) is 0 Å². The standard InChI is InChI=1S/C10H13BN2O/c1-10(12,9(14)13-2)7-4-3-5-8(11)6-7/h3-6H,12H2,1-2H3,(H,13,14). The molecule has 1 atom stereocenters. The number of rotatable bonds is 2. The zero-order valence-corrected chi connectivity index (χ0v) is 8.37. The van der Waals surface area contributed by atoms with E-state index in [1.807, 2.05) is 0 Å². The first-order chi connectivity index (χ1) is 6.48. The topological polar surface area (TPSA) is 55.1 Å². The van der Waals surface area contributed by atoms with Crippen LogP contribution in [-0.2, 0) is 10.3 Å². The number of nitrogens with one attached hydrogen (secondary N) is 1. The average Bonchev–Trinajstić information content (AvgIpc) is 2.16. The molecule has 0 spiro atoms. The summed E-state index contributed by atoms with van der Waals surface area (Å²) >= 11 is 0. The number of benzene rings is 1. The van der Waals surface area contributed by atoms with Crippen LogP contribution in [0.25, 0.3) is 0 Å². The maximum absolute atomic E-state index is 11.5. The van der Waals surface area contributed by atoms with Crippen LogP contribution in [0.1, 0.15) is 12.5 Å². The van der Waals surface area contributed by atoms with E-state index >= 15 is 0 Å². The summed E-state index contributed by atoms with van der Waals surface area (Å²) in [5, 5.41) is 2.52. The van der Waals surface area contributed by atoms with Gasteiger partial charge in [-0.05, 0) is 12.5 Å². The van der Waals surface area contributed by atoms with Gasteiger partial charge in [0.05, 0.1) is 0 Å². The number of carbonyl (C=O) groups is 1. The third-order valence-electron chi connectivity index (χ3n) is 2.19. The van der Waals surface area contributed by atoms with Gasteiger partial charge >= 0.3 is 0 Å². The summed E-state index contributed by atoms with van der Waals surface area (Å²) in [5.41, 5.74) is 6.16. The number of hydrogen-bond acceptors (Lipinski definition) is 2. The molecule has 2 radical (unpaired) electrons. The lowest BCUT2D eigenvalue weighted by Crippen LogP contribution is -2.48. The zero-order chi connectivity index (χ0) is 10.8. The molecule has 4 heteroatoms. The fourth-order valence-electron chi connectivity index (χ4n) is 1.25. The number of nitrogens with two attached hydrogens (primary N) is 1. The molecular weight excluding hydrogens is 175 g/mol.